The monoisotopic (exact) mass is 275 g/mol. The summed E-state index contributed by atoms with van der Waals surface area (Å²) >= 11 is 1.54. The van der Waals surface area contributed by atoms with Crippen molar-refractivity contribution in [2.45, 2.75) is 37.7 Å². The van der Waals surface area contributed by atoms with Gasteiger partial charge in [-0.05, 0) is 25.0 Å². The van der Waals surface area contributed by atoms with Crippen molar-refractivity contribution in [3.8, 4) is 0 Å². The highest BCUT2D eigenvalue weighted by Crippen LogP contribution is 2.36. The lowest BCUT2D eigenvalue weighted by Gasteiger charge is -2.25. The van der Waals surface area contributed by atoms with E-state index in [4.69, 9.17) is 0 Å². The van der Waals surface area contributed by atoms with Crippen LogP contribution in [0.15, 0.2) is 30.3 Å². The molecule has 2 aromatic rings. The van der Waals surface area contributed by atoms with E-state index in [9.17, 15) is 5.11 Å². The van der Waals surface area contributed by atoms with Gasteiger partial charge in [-0.15, -0.1) is 10.2 Å². The number of aliphatic hydroxyl groups is 1. The summed E-state index contributed by atoms with van der Waals surface area (Å²) < 4.78 is 0. The van der Waals surface area contributed by atoms with Gasteiger partial charge in [-0.3, -0.25) is 0 Å². The average Bonchev–Trinajstić information content (AvgIpc) is 2.89. The van der Waals surface area contributed by atoms with Crippen molar-refractivity contribution in [1.29, 1.82) is 0 Å². The summed E-state index contributed by atoms with van der Waals surface area (Å²) in [6.07, 6.45) is 3.92. The first-order chi connectivity index (χ1) is 9.33. The van der Waals surface area contributed by atoms with Gasteiger partial charge < -0.3 is 10.4 Å². The van der Waals surface area contributed by atoms with Crippen LogP contribution in [0.5, 0.6) is 0 Å². The van der Waals surface area contributed by atoms with Crippen LogP contribution in [0.2, 0.25) is 0 Å². The van der Waals surface area contributed by atoms with Crippen molar-refractivity contribution >= 4 is 22.2 Å². The van der Waals surface area contributed by atoms with Gasteiger partial charge in [0.1, 0.15) is 5.01 Å². The van der Waals surface area contributed by atoms with E-state index in [0.717, 1.165) is 35.1 Å². The molecule has 1 aliphatic rings. The quantitative estimate of drug-likeness (QED) is 0.902. The van der Waals surface area contributed by atoms with E-state index in [0.29, 0.717) is 0 Å². The van der Waals surface area contributed by atoms with Gasteiger partial charge in [-0.1, -0.05) is 42.4 Å². The lowest BCUT2D eigenvalue weighted by molar-refractivity contribution is 0.106. The van der Waals surface area contributed by atoms with Crippen molar-refractivity contribution in [1.82, 2.24) is 10.2 Å². The molecule has 0 saturated heterocycles. The van der Waals surface area contributed by atoms with Gasteiger partial charge in [-0.2, -0.15) is 0 Å². The third-order valence-corrected chi connectivity index (χ3v) is 4.48. The lowest BCUT2D eigenvalue weighted by Crippen LogP contribution is -2.22. The predicted octanol–water partition coefficient (Wildman–Crippen LogP) is 3.30. The summed E-state index contributed by atoms with van der Waals surface area (Å²) in [6.45, 7) is 0. The number of nitrogens with zero attached hydrogens (tertiary/aromatic N) is 2. The Morgan fingerprint density at radius 2 is 1.89 bits per heavy atom. The molecule has 0 spiro atoms. The van der Waals surface area contributed by atoms with Crippen LogP contribution in [0, 0.1) is 0 Å². The zero-order valence-corrected chi connectivity index (χ0v) is 11.4. The molecule has 1 aromatic heterocycles. The predicted molar refractivity (Wildman–Crippen MR) is 76.8 cm³/mol. The molecule has 0 radical (unpaired) electrons. The summed E-state index contributed by atoms with van der Waals surface area (Å²) in [7, 11) is 0. The number of hydrogen-bond acceptors (Lipinski definition) is 5. The van der Waals surface area contributed by atoms with Crippen LogP contribution in [-0.2, 0) is 0 Å². The van der Waals surface area contributed by atoms with Crippen LogP contribution in [0.1, 0.15) is 36.6 Å². The Balaban J connectivity index is 1.72. The second-order valence-electron chi connectivity index (χ2n) is 4.89. The molecule has 1 saturated carbocycles. The van der Waals surface area contributed by atoms with E-state index in [1.54, 1.807) is 11.3 Å². The SMILES string of the molecule is O[C@@H]1CCCC[C@H]1c1nnc(Nc2ccccc2)s1. The van der Waals surface area contributed by atoms with Crippen LogP contribution >= 0.6 is 11.3 Å². The fourth-order valence-electron chi connectivity index (χ4n) is 2.48. The van der Waals surface area contributed by atoms with E-state index < -0.39 is 0 Å². The molecule has 1 heterocycles. The summed E-state index contributed by atoms with van der Waals surface area (Å²) in [5.74, 6) is 0.164. The topological polar surface area (TPSA) is 58.0 Å². The third kappa shape index (κ3) is 2.93. The molecule has 0 aliphatic heterocycles. The van der Waals surface area contributed by atoms with E-state index in [-0.39, 0.29) is 12.0 Å². The van der Waals surface area contributed by atoms with Crippen molar-refractivity contribution in [2.75, 3.05) is 5.32 Å². The standard InChI is InChI=1S/C14H17N3OS/c18-12-9-5-4-8-11(12)13-16-17-14(19-13)15-10-6-2-1-3-7-10/h1-3,6-7,11-12,18H,4-5,8-9H2,(H,15,17)/t11-,12-/m1/s1. The van der Waals surface area contributed by atoms with E-state index in [1.165, 1.54) is 6.42 Å². The maximum Gasteiger partial charge on any atom is 0.210 e. The van der Waals surface area contributed by atoms with Gasteiger partial charge in [0.25, 0.3) is 0 Å². The smallest absolute Gasteiger partial charge is 0.210 e. The first-order valence-corrected chi connectivity index (χ1v) is 7.48. The molecule has 0 unspecified atom stereocenters. The fourth-order valence-corrected chi connectivity index (χ4v) is 3.44. The summed E-state index contributed by atoms with van der Waals surface area (Å²) in [4.78, 5) is 0. The highest BCUT2D eigenvalue weighted by Gasteiger charge is 2.27. The van der Waals surface area contributed by atoms with Gasteiger partial charge in [0.15, 0.2) is 0 Å². The van der Waals surface area contributed by atoms with Gasteiger partial charge in [-0.25, -0.2) is 0 Å². The minimum absolute atomic E-state index is 0.164. The van der Waals surface area contributed by atoms with Crippen LogP contribution in [0.3, 0.4) is 0 Å². The number of aromatic nitrogens is 2. The molecule has 19 heavy (non-hydrogen) atoms. The maximum absolute atomic E-state index is 10.0. The first kappa shape index (κ1) is 12.6. The molecule has 1 fully saturated rings. The Bertz CT molecular complexity index is 528. The molecule has 1 aromatic carbocycles. The number of nitrogens with one attached hydrogen (secondary N) is 1. The summed E-state index contributed by atoms with van der Waals surface area (Å²) in [5.41, 5.74) is 1.01. The van der Waals surface area contributed by atoms with Gasteiger partial charge in [0.05, 0.1) is 6.10 Å². The second kappa shape index (κ2) is 5.67. The Labute approximate surface area is 116 Å². The summed E-state index contributed by atoms with van der Waals surface area (Å²) in [5, 5.41) is 23.4. The Kier molecular flexibility index (Phi) is 3.75. The fraction of sp³-hybridized carbons (Fsp3) is 0.429. The second-order valence-corrected chi connectivity index (χ2v) is 5.90. The average molecular weight is 275 g/mol. The Morgan fingerprint density at radius 3 is 2.68 bits per heavy atom. The van der Waals surface area contributed by atoms with Crippen molar-refractivity contribution in [3.05, 3.63) is 35.3 Å². The van der Waals surface area contributed by atoms with Crippen LogP contribution in [0.25, 0.3) is 0 Å². The molecule has 5 heteroatoms. The molecule has 0 amide bonds. The van der Waals surface area contributed by atoms with Gasteiger partial charge >= 0.3 is 0 Å². The number of aliphatic hydroxyl groups excluding tert-OH is 1. The number of rotatable bonds is 3. The van der Waals surface area contributed by atoms with Crippen molar-refractivity contribution in [3.63, 3.8) is 0 Å². The molecule has 3 rings (SSSR count). The highest BCUT2D eigenvalue weighted by molar-refractivity contribution is 7.15. The third-order valence-electron chi connectivity index (χ3n) is 3.51. The zero-order chi connectivity index (χ0) is 13.1. The van der Waals surface area contributed by atoms with Crippen LogP contribution in [-0.4, -0.2) is 21.4 Å². The van der Waals surface area contributed by atoms with Crippen molar-refractivity contribution < 1.29 is 5.11 Å². The Hall–Kier alpha value is -1.46. The van der Waals surface area contributed by atoms with E-state index in [1.807, 2.05) is 30.3 Å². The molecule has 2 N–H and O–H groups in total. The molecule has 0 bridgehead atoms. The number of hydrogen-bond donors (Lipinski definition) is 2. The van der Waals surface area contributed by atoms with Gasteiger partial charge in [0.2, 0.25) is 5.13 Å². The molecular formula is C14H17N3OS. The first-order valence-electron chi connectivity index (χ1n) is 6.66. The van der Waals surface area contributed by atoms with E-state index in [2.05, 4.69) is 15.5 Å². The normalized spacial score (nSPS) is 23.2. The molecule has 2 atom stereocenters. The van der Waals surface area contributed by atoms with Gasteiger partial charge in [0, 0.05) is 11.6 Å². The maximum atomic E-state index is 10.0. The number of benzene rings is 1. The van der Waals surface area contributed by atoms with Crippen molar-refractivity contribution in [2.24, 2.45) is 0 Å². The zero-order valence-electron chi connectivity index (χ0n) is 10.6. The molecular weight excluding hydrogens is 258 g/mol. The Morgan fingerprint density at radius 1 is 1.11 bits per heavy atom. The molecule has 100 valence electrons. The van der Waals surface area contributed by atoms with E-state index >= 15 is 0 Å². The van der Waals surface area contributed by atoms with Crippen LogP contribution in [0.4, 0.5) is 10.8 Å². The minimum Gasteiger partial charge on any atom is -0.392 e. The number of anilines is 2. The largest absolute Gasteiger partial charge is 0.392 e. The van der Waals surface area contributed by atoms with Crippen LogP contribution < -0.4 is 5.32 Å². The number of para-hydroxylation sites is 1. The molecule has 4 nitrogen and oxygen atoms in total. The lowest BCUT2D eigenvalue weighted by atomic mass is 9.87. The summed E-state index contributed by atoms with van der Waals surface area (Å²) in [6, 6.07) is 9.94. The highest BCUT2D eigenvalue weighted by atomic mass is 32.1. The minimum atomic E-state index is -0.258. The molecule has 1 aliphatic carbocycles.